The summed E-state index contributed by atoms with van der Waals surface area (Å²) in [6, 6.07) is 15.1. The molecule has 0 radical (unpaired) electrons. The third-order valence-corrected chi connectivity index (χ3v) is 5.62. The quantitative estimate of drug-likeness (QED) is 0.594. The van der Waals surface area contributed by atoms with Gasteiger partial charge in [-0.05, 0) is 73.4 Å². The Morgan fingerprint density at radius 2 is 1.91 bits per heavy atom. The van der Waals surface area contributed by atoms with Crippen LogP contribution >= 0.6 is 0 Å². The topological polar surface area (TPSA) is 71.8 Å². The zero-order chi connectivity index (χ0) is 23.5. The van der Waals surface area contributed by atoms with Crippen molar-refractivity contribution in [1.82, 2.24) is 10.2 Å². The first-order valence-electron chi connectivity index (χ1n) is 11.0. The number of fused-ring (bicyclic) bond motifs is 1. The highest BCUT2D eigenvalue weighted by Crippen LogP contribution is 2.37. The van der Waals surface area contributed by atoms with E-state index in [2.05, 4.69) is 5.32 Å². The molecule has 1 unspecified atom stereocenters. The lowest BCUT2D eigenvalue weighted by atomic mass is 9.88. The van der Waals surface area contributed by atoms with Crippen LogP contribution in [-0.2, 0) is 17.8 Å². The third-order valence-electron chi connectivity index (χ3n) is 5.62. The van der Waals surface area contributed by atoms with E-state index in [9.17, 15) is 14.0 Å². The molecule has 172 valence electrons. The summed E-state index contributed by atoms with van der Waals surface area (Å²) in [5, 5.41) is 2.79. The van der Waals surface area contributed by atoms with Crippen LogP contribution in [0.4, 0.5) is 4.39 Å². The Morgan fingerprint density at radius 1 is 1.15 bits per heavy atom. The molecule has 2 aromatic carbocycles. The van der Waals surface area contributed by atoms with E-state index in [1.54, 1.807) is 36.1 Å². The Bertz CT molecular complexity index is 1150. The van der Waals surface area contributed by atoms with Gasteiger partial charge in [-0.3, -0.25) is 9.59 Å². The molecule has 7 heteroatoms. The van der Waals surface area contributed by atoms with E-state index in [1.807, 2.05) is 32.0 Å². The molecular weight excluding hydrogens is 423 g/mol. The first kappa shape index (κ1) is 22.6. The van der Waals surface area contributed by atoms with Gasteiger partial charge in [-0.15, -0.1) is 0 Å². The second kappa shape index (κ2) is 9.48. The molecular formula is C26H27FN2O4. The van der Waals surface area contributed by atoms with Crippen LogP contribution in [0.25, 0.3) is 0 Å². The Morgan fingerprint density at radius 3 is 2.61 bits per heavy atom. The van der Waals surface area contributed by atoms with Gasteiger partial charge in [0.25, 0.3) is 5.91 Å². The van der Waals surface area contributed by atoms with Gasteiger partial charge in [0.1, 0.15) is 23.9 Å². The molecule has 0 aliphatic carbocycles. The van der Waals surface area contributed by atoms with E-state index in [1.165, 1.54) is 12.1 Å². The molecule has 2 amide bonds. The minimum Gasteiger partial charge on any atom is -0.486 e. The minimum atomic E-state index is -0.318. The van der Waals surface area contributed by atoms with E-state index >= 15 is 0 Å². The fourth-order valence-corrected chi connectivity index (χ4v) is 4.09. The van der Waals surface area contributed by atoms with Gasteiger partial charge >= 0.3 is 0 Å². The average molecular weight is 451 g/mol. The van der Waals surface area contributed by atoms with Gasteiger partial charge in [-0.25, -0.2) is 4.39 Å². The molecule has 0 bridgehead atoms. The van der Waals surface area contributed by atoms with Crippen molar-refractivity contribution in [3.05, 3.63) is 88.6 Å². The molecule has 1 aliphatic rings. The number of hydrogen-bond acceptors (Lipinski definition) is 4. The summed E-state index contributed by atoms with van der Waals surface area (Å²) in [7, 11) is 0. The summed E-state index contributed by atoms with van der Waals surface area (Å²) >= 11 is 0. The molecule has 0 saturated carbocycles. The lowest BCUT2D eigenvalue weighted by molar-refractivity contribution is -0.130. The first-order chi connectivity index (χ1) is 15.8. The Kier molecular flexibility index (Phi) is 6.49. The smallest absolute Gasteiger partial charge is 0.287 e. The standard InChI is InChI=1S/C26H27FN2O4/c1-16(2)28-26(31)24-11-10-22(33-24)15-32-21-9-6-18-12-13-29(17(3)30)25(23(18)14-21)19-4-7-20(27)8-5-19/h4-11,14,16,25H,12-13,15H2,1-3H3,(H,28,31). The van der Waals surface area contributed by atoms with E-state index < -0.39 is 0 Å². The van der Waals surface area contributed by atoms with Crippen molar-refractivity contribution in [2.75, 3.05) is 6.54 Å². The van der Waals surface area contributed by atoms with Gasteiger partial charge in [0.2, 0.25) is 5.91 Å². The molecule has 4 rings (SSSR count). The summed E-state index contributed by atoms with van der Waals surface area (Å²) in [5.74, 6) is 0.765. The minimum absolute atomic E-state index is 0.0152. The predicted molar refractivity (Wildman–Crippen MR) is 121 cm³/mol. The maximum absolute atomic E-state index is 13.5. The van der Waals surface area contributed by atoms with E-state index in [0.717, 1.165) is 23.1 Å². The number of nitrogens with one attached hydrogen (secondary N) is 1. The third kappa shape index (κ3) is 5.08. The van der Waals surface area contributed by atoms with Crippen molar-refractivity contribution >= 4 is 11.8 Å². The van der Waals surface area contributed by atoms with E-state index in [0.29, 0.717) is 18.1 Å². The van der Waals surface area contributed by atoms with Crippen LogP contribution in [0, 0.1) is 5.82 Å². The Balaban J connectivity index is 1.56. The highest BCUT2D eigenvalue weighted by Gasteiger charge is 2.31. The number of carbonyl (C=O) groups excluding carboxylic acids is 2. The van der Waals surface area contributed by atoms with Crippen LogP contribution in [0.5, 0.6) is 5.75 Å². The fraction of sp³-hybridized carbons (Fsp3) is 0.308. The lowest BCUT2D eigenvalue weighted by Crippen LogP contribution is -2.39. The van der Waals surface area contributed by atoms with E-state index in [-0.39, 0.29) is 42.1 Å². The number of benzene rings is 2. The summed E-state index contributed by atoms with van der Waals surface area (Å²) in [4.78, 5) is 26.2. The SMILES string of the molecule is CC(=O)N1CCc2ccc(OCc3ccc(C(=O)NC(C)C)o3)cc2C1c1ccc(F)cc1. The maximum Gasteiger partial charge on any atom is 0.287 e. The van der Waals surface area contributed by atoms with Gasteiger partial charge in [-0.1, -0.05) is 18.2 Å². The molecule has 6 nitrogen and oxygen atoms in total. The van der Waals surface area contributed by atoms with E-state index in [4.69, 9.17) is 9.15 Å². The molecule has 2 heterocycles. The molecule has 1 atom stereocenters. The Labute approximate surface area is 192 Å². The molecule has 1 aliphatic heterocycles. The number of halogens is 1. The van der Waals surface area contributed by atoms with Gasteiger partial charge < -0.3 is 19.4 Å². The van der Waals surface area contributed by atoms with Gasteiger partial charge in [-0.2, -0.15) is 0 Å². The molecule has 1 aromatic heterocycles. The van der Waals surface area contributed by atoms with Crippen LogP contribution in [-0.4, -0.2) is 29.3 Å². The summed E-state index contributed by atoms with van der Waals surface area (Å²) in [6.45, 7) is 6.07. The van der Waals surface area contributed by atoms with Gasteiger partial charge in [0.15, 0.2) is 5.76 Å². The molecule has 1 N–H and O–H groups in total. The second-order valence-electron chi connectivity index (χ2n) is 8.46. The number of amides is 2. The van der Waals surface area contributed by atoms with Crippen molar-refractivity contribution in [2.24, 2.45) is 0 Å². The van der Waals surface area contributed by atoms with Crippen molar-refractivity contribution in [3.63, 3.8) is 0 Å². The number of rotatable bonds is 6. The van der Waals surface area contributed by atoms with Crippen LogP contribution < -0.4 is 10.1 Å². The number of nitrogens with zero attached hydrogens (tertiary/aromatic N) is 1. The highest BCUT2D eigenvalue weighted by molar-refractivity contribution is 5.91. The Hall–Kier alpha value is -3.61. The first-order valence-corrected chi connectivity index (χ1v) is 11.0. The normalized spacial score (nSPS) is 15.3. The summed E-state index contributed by atoms with van der Waals surface area (Å²) in [5.41, 5.74) is 2.92. The van der Waals surface area contributed by atoms with Crippen LogP contribution in [0.15, 0.2) is 59.0 Å². The number of furan rings is 1. The highest BCUT2D eigenvalue weighted by atomic mass is 19.1. The zero-order valence-corrected chi connectivity index (χ0v) is 18.9. The maximum atomic E-state index is 13.5. The fourth-order valence-electron chi connectivity index (χ4n) is 4.09. The molecule has 0 saturated heterocycles. The van der Waals surface area contributed by atoms with Crippen LogP contribution in [0.2, 0.25) is 0 Å². The number of hydrogen-bond donors (Lipinski definition) is 1. The summed E-state index contributed by atoms with van der Waals surface area (Å²) < 4.78 is 25.1. The van der Waals surface area contributed by atoms with Crippen LogP contribution in [0.1, 0.15) is 59.8 Å². The lowest BCUT2D eigenvalue weighted by Gasteiger charge is -2.37. The summed E-state index contributed by atoms with van der Waals surface area (Å²) in [6.07, 6.45) is 0.736. The van der Waals surface area contributed by atoms with Crippen molar-refractivity contribution < 1.29 is 23.1 Å². The van der Waals surface area contributed by atoms with Gasteiger partial charge in [0, 0.05) is 19.5 Å². The molecule has 33 heavy (non-hydrogen) atoms. The van der Waals surface area contributed by atoms with Crippen molar-refractivity contribution in [1.29, 1.82) is 0 Å². The van der Waals surface area contributed by atoms with Gasteiger partial charge in [0.05, 0.1) is 6.04 Å². The largest absolute Gasteiger partial charge is 0.486 e. The van der Waals surface area contributed by atoms with Crippen molar-refractivity contribution in [2.45, 2.75) is 45.9 Å². The number of carbonyl (C=O) groups is 2. The molecule has 0 spiro atoms. The predicted octanol–water partition coefficient (Wildman–Crippen LogP) is 4.63. The monoisotopic (exact) mass is 450 g/mol. The number of ether oxygens (including phenoxy) is 1. The second-order valence-corrected chi connectivity index (χ2v) is 8.46. The average Bonchev–Trinajstić information content (AvgIpc) is 3.26. The molecule has 0 fully saturated rings. The zero-order valence-electron chi connectivity index (χ0n) is 18.9. The molecule has 3 aromatic rings. The van der Waals surface area contributed by atoms with Crippen LogP contribution in [0.3, 0.4) is 0 Å². The van der Waals surface area contributed by atoms with Crippen molar-refractivity contribution in [3.8, 4) is 5.75 Å².